The quantitative estimate of drug-likeness (QED) is 0.757. The van der Waals surface area contributed by atoms with E-state index in [1.165, 1.54) is 0 Å². The Morgan fingerprint density at radius 2 is 1.86 bits per heavy atom. The van der Waals surface area contributed by atoms with E-state index >= 15 is 0 Å². The van der Waals surface area contributed by atoms with E-state index in [1.54, 1.807) is 0 Å². The minimum atomic E-state index is 0.874. The third-order valence-electron chi connectivity index (χ3n) is 2.27. The lowest BCUT2D eigenvalue weighted by Gasteiger charge is -2.02. The number of hydrogen-bond donors (Lipinski definition) is 1. The molecule has 72 valence electrons. The highest BCUT2D eigenvalue weighted by Gasteiger charge is 2.10. The summed E-state index contributed by atoms with van der Waals surface area (Å²) in [5.74, 6) is 0. The molecule has 0 saturated carbocycles. The Kier molecular flexibility index (Phi) is 2.31. The normalized spacial score (nSPS) is 15.0. The van der Waals surface area contributed by atoms with Crippen molar-refractivity contribution in [2.75, 3.05) is 12.4 Å². The van der Waals surface area contributed by atoms with E-state index in [4.69, 9.17) is 0 Å². The average molecular weight is 187 g/mol. The molecule has 1 N–H and O–H groups in total. The maximum Gasteiger partial charge on any atom is 0.0759 e. The Labute approximate surface area is 83.6 Å². The Balaban J connectivity index is 2.19. The van der Waals surface area contributed by atoms with Gasteiger partial charge in [0, 0.05) is 24.9 Å². The maximum absolute atomic E-state index is 4.13. The molecule has 0 bridgehead atoms. The Morgan fingerprint density at radius 1 is 1.14 bits per heavy atom. The zero-order valence-electron chi connectivity index (χ0n) is 8.41. The topological polar surface area (TPSA) is 36.8 Å². The summed E-state index contributed by atoms with van der Waals surface area (Å²) in [6.45, 7) is 2.00. The van der Waals surface area contributed by atoms with Crippen LogP contribution in [0.1, 0.15) is 18.9 Å². The number of nitrogens with one attached hydrogen (secondary N) is 1. The van der Waals surface area contributed by atoms with Crippen LogP contribution in [0.5, 0.6) is 0 Å². The highest BCUT2D eigenvalue weighted by Crippen LogP contribution is 2.14. The first-order valence-electron chi connectivity index (χ1n) is 4.68. The second-order valence-electron chi connectivity index (χ2n) is 3.39. The van der Waals surface area contributed by atoms with Crippen molar-refractivity contribution in [3.05, 3.63) is 29.8 Å². The molecular formula is C11H13N3. The summed E-state index contributed by atoms with van der Waals surface area (Å²) in [4.78, 5) is 0. The summed E-state index contributed by atoms with van der Waals surface area (Å²) in [5, 5.41) is 11.2. The van der Waals surface area contributed by atoms with Crippen molar-refractivity contribution < 1.29 is 0 Å². The summed E-state index contributed by atoms with van der Waals surface area (Å²) >= 11 is 0. The monoisotopic (exact) mass is 187 g/mol. The fourth-order valence-corrected chi connectivity index (χ4v) is 1.45. The SMILES string of the molecule is CNc1ccc(C2=NN=C(C)C2)cc1. The number of rotatable bonds is 2. The molecule has 0 aromatic heterocycles. The van der Waals surface area contributed by atoms with E-state index in [9.17, 15) is 0 Å². The van der Waals surface area contributed by atoms with Gasteiger partial charge in [-0.1, -0.05) is 12.1 Å². The van der Waals surface area contributed by atoms with Crippen LogP contribution in [-0.2, 0) is 0 Å². The van der Waals surface area contributed by atoms with Crippen molar-refractivity contribution in [3.63, 3.8) is 0 Å². The van der Waals surface area contributed by atoms with E-state index in [1.807, 2.05) is 26.1 Å². The number of hydrogen-bond acceptors (Lipinski definition) is 3. The zero-order valence-corrected chi connectivity index (χ0v) is 8.41. The number of anilines is 1. The molecular weight excluding hydrogens is 174 g/mol. The van der Waals surface area contributed by atoms with Gasteiger partial charge in [0.1, 0.15) is 0 Å². The van der Waals surface area contributed by atoms with Crippen LogP contribution in [0.3, 0.4) is 0 Å². The molecule has 0 spiro atoms. The van der Waals surface area contributed by atoms with E-state index in [0.29, 0.717) is 0 Å². The second-order valence-corrected chi connectivity index (χ2v) is 3.39. The molecule has 14 heavy (non-hydrogen) atoms. The van der Waals surface area contributed by atoms with Crippen LogP contribution in [0, 0.1) is 0 Å². The maximum atomic E-state index is 4.13. The molecule has 1 aliphatic heterocycles. The van der Waals surface area contributed by atoms with Crippen LogP contribution in [0.2, 0.25) is 0 Å². The summed E-state index contributed by atoms with van der Waals surface area (Å²) in [7, 11) is 1.91. The molecule has 0 atom stereocenters. The first kappa shape index (κ1) is 8.94. The summed E-state index contributed by atoms with van der Waals surface area (Å²) < 4.78 is 0. The molecule has 0 fully saturated rings. The van der Waals surface area contributed by atoms with E-state index in [0.717, 1.165) is 29.1 Å². The predicted molar refractivity (Wildman–Crippen MR) is 60.3 cm³/mol. The van der Waals surface area contributed by atoms with E-state index in [-0.39, 0.29) is 0 Å². The van der Waals surface area contributed by atoms with E-state index < -0.39 is 0 Å². The van der Waals surface area contributed by atoms with Crippen LogP contribution in [0.4, 0.5) is 5.69 Å². The fraction of sp³-hybridized carbons (Fsp3) is 0.273. The van der Waals surface area contributed by atoms with Gasteiger partial charge in [-0.15, -0.1) is 0 Å². The Bertz CT molecular complexity index is 387. The lowest BCUT2D eigenvalue weighted by atomic mass is 10.1. The first-order chi connectivity index (χ1) is 6.79. The molecule has 2 rings (SSSR count). The van der Waals surface area contributed by atoms with Crippen LogP contribution < -0.4 is 5.32 Å². The van der Waals surface area contributed by atoms with Crippen LogP contribution in [-0.4, -0.2) is 18.5 Å². The van der Waals surface area contributed by atoms with Crippen molar-refractivity contribution >= 4 is 17.1 Å². The largest absolute Gasteiger partial charge is 0.388 e. The van der Waals surface area contributed by atoms with E-state index in [2.05, 4.69) is 27.7 Å². The van der Waals surface area contributed by atoms with Gasteiger partial charge in [0.25, 0.3) is 0 Å². The molecule has 0 amide bonds. The number of benzene rings is 1. The molecule has 0 radical (unpaired) electrons. The summed E-state index contributed by atoms with van der Waals surface area (Å²) in [5.41, 5.74) is 4.41. The first-order valence-corrected chi connectivity index (χ1v) is 4.68. The zero-order chi connectivity index (χ0) is 9.97. The smallest absolute Gasteiger partial charge is 0.0759 e. The Hall–Kier alpha value is -1.64. The summed E-state index contributed by atoms with van der Waals surface area (Å²) in [6.07, 6.45) is 0.874. The molecule has 0 unspecified atom stereocenters. The van der Waals surface area contributed by atoms with Crippen molar-refractivity contribution in [1.29, 1.82) is 0 Å². The van der Waals surface area contributed by atoms with Gasteiger partial charge in [-0.3, -0.25) is 0 Å². The number of nitrogens with zero attached hydrogens (tertiary/aromatic N) is 2. The molecule has 0 aliphatic carbocycles. The van der Waals surface area contributed by atoms with Crippen molar-refractivity contribution in [2.45, 2.75) is 13.3 Å². The standard InChI is InChI=1S/C11H13N3/c1-8-7-11(14-13-8)9-3-5-10(12-2)6-4-9/h3-6,12H,7H2,1-2H3. The van der Waals surface area contributed by atoms with Gasteiger partial charge in [0.05, 0.1) is 5.71 Å². The van der Waals surface area contributed by atoms with Gasteiger partial charge in [-0.25, -0.2) is 0 Å². The predicted octanol–water partition coefficient (Wildman–Crippen LogP) is 2.30. The molecule has 1 heterocycles. The highest BCUT2D eigenvalue weighted by atomic mass is 15.2. The van der Waals surface area contributed by atoms with Crippen LogP contribution in [0.15, 0.2) is 34.5 Å². The molecule has 0 saturated heterocycles. The van der Waals surface area contributed by atoms with Gasteiger partial charge < -0.3 is 5.32 Å². The van der Waals surface area contributed by atoms with Gasteiger partial charge in [0.2, 0.25) is 0 Å². The lowest BCUT2D eigenvalue weighted by molar-refractivity contribution is 1.26. The van der Waals surface area contributed by atoms with Gasteiger partial charge in [-0.05, 0) is 24.6 Å². The van der Waals surface area contributed by atoms with Gasteiger partial charge >= 0.3 is 0 Å². The lowest BCUT2D eigenvalue weighted by Crippen LogP contribution is -2.01. The van der Waals surface area contributed by atoms with Crippen molar-refractivity contribution in [2.24, 2.45) is 10.2 Å². The minimum Gasteiger partial charge on any atom is -0.388 e. The van der Waals surface area contributed by atoms with Crippen molar-refractivity contribution in [3.8, 4) is 0 Å². The molecule has 1 aromatic rings. The van der Waals surface area contributed by atoms with Gasteiger partial charge in [-0.2, -0.15) is 10.2 Å². The van der Waals surface area contributed by atoms with Gasteiger partial charge in [0.15, 0.2) is 0 Å². The Morgan fingerprint density at radius 3 is 2.36 bits per heavy atom. The molecule has 1 aromatic carbocycles. The third kappa shape index (κ3) is 1.66. The highest BCUT2D eigenvalue weighted by molar-refractivity contribution is 6.14. The molecule has 3 nitrogen and oxygen atoms in total. The summed E-state index contributed by atoms with van der Waals surface area (Å²) in [6, 6.07) is 8.23. The van der Waals surface area contributed by atoms with Crippen molar-refractivity contribution in [1.82, 2.24) is 0 Å². The second kappa shape index (κ2) is 3.62. The average Bonchev–Trinajstić information content (AvgIpc) is 2.65. The minimum absolute atomic E-state index is 0.874. The fourth-order valence-electron chi connectivity index (χ4n) is 1.45. The third-order valence-corrected chi connectivity index (χ3v) is 2.27. The molecule has 1 aliphatic rings. The molecule has 3 heteroatoms. The van der Waals surface area contributed by atoms with Crippen LogP contribution in [0.25, 0.3) is 0 Å². The van der Waals surface area contributed by atoms with Crippen LogP contribution >= 0.6 is 0 Å².